The van der Waals surface area contributed by atoms with Crippen molar-refractivity contribution in [2.75, 3.05) is 19.7 Å². The van der Waals surface area contributed by atoms with E-state index >= 15 is 0 Å². The molecule has 2 atom stereocenters. The summed E-state index contributed by atoms with van der Waals surface area (Å²) in [6, 6.07) is 8.13. The summed E-state index contributed by atoms with van der Waals surface area (Å²) in [7, 11) is 0. The van der Waals surface area contributed by atoms with Gasteiger partial charge in [-0.05, 0) is 56.9 Å². The van der Waals surface area contributed by atoms with Gasteiger partial charge in [0.1, 0.15) is 5.75 Å². The van der Waals surface area contributed by atoms with Crippen molar-refractivity contribution >= 4 is 18.3 Å². The number of ether oxygens (including phenoxy) is 1. The average Bonchev–Trinajstić information content (AvgIpc) is 3.32. The molecule has 2 aliphatic rings. The molecule has 3 rings (SSSR count). The summed E-state index contributed by atoms with van der Waals surface area (Å²) in [4.78, 5) is 14.6. The van der Waals surface area contributed by atoms with Gasteiger partial charge >= 0.3 is 0 Å². The van der Waals surface area contributed by atoms with Crippen LogP contribution in [0.15, 0.2) is 24.3 Å². The van der Waals surface area contributed by atoms with Crippen molar-refractivity contribution in [2.24, 2.45) is 5.92 Å². The monoisotopic (exact) mass is 324 g/mol. The van der Waals surface area contributed by atoms with Gasteiger partial charge in [-0.1, -0.05) is 0 Å². The summed E-state index contributed by atoms with van der Waals surface area (Å²) in [6.45, 7) is 6.66. The third kappa shape index (κ3) is 3.93. The van der Waals surface area contributed by atoms with Gasteiger partial charge in [0.05, 0.1) is 6.61 Å². The molecule has 1 aliphatic heterocycles. The van der Waals surface area contributed by atoms with Crippen molar-refractivity contribution in [3.63, 3.8) is 0 Å². The number of benzene rings is 1. The predicted octanol–water partition coefficient (Wildman–Crippen LogP) is 2.72. The highest BCUT2D eigenvalue weighted by Gasteiger charge is 2.28. The minimum atomic E-state index is 0. The third-order valence-electron chi connectivity index (χ3n) is 4.58. The lowest BCUT2D eigenvalue weighted by atomic mass is 10.1. The Labute approximate surface area is 138 Å². The molecule has 1 aromatic carbocycles. The van der Waals surface area contributed by atoms with E-state index in [1.54, 1.807) is 0 Å². The maximum Gasteiger partial charge on any atom is 0.254 e. The maximum atomic E-state index is 12.6. The predicted molar refractivity (Wildman–Crippen MR) is 89.9 cm³/mol. The Morgan fingerprint density at radius 1 is 1.27 bits per heavy atom. The number of amides is 1. The Kier molecular flexibility index (Phi) is 5.70. The van der Waals surface area contributed by atoms with Crippen LogP contribution in [0.5, 0.6) is 5.75 Å². The van der Waals surface area contributed by atoms with Gasteiger partial charge in [0, 0.05) is 30.7 Å². The second kappa shape index (κ2) is 7.34. The molecule has 0 radical (unpaired) electrons. The first-order valence-electron chi connectivity index (χ1n) is 7.92. The van der Waals surface area contributed by atoms with Crippen molar-refractivity contribution in [1.29, 1.82) is 0 Å². The first kappa shape index (κ1) is 17.1. The van der Waals surface area contributed by atoms with Crippen molar-refractivity contribution in [3.05, 3.63) is 29.8 Å². The lowest BCUT2D eigenvalue weighted by Gasteiger charge is -2.38. The molecular formula is C17H25ClN2O2. The zero-order valence-corrected chi connectivity index (χ0v) is 14.1. The number of piperazine rings is 1. The van der Waals surface area contributed by atoms with E-state index < -0.39 is 0 Å². The van der Waals surface area contributed by atoms with Gasteiger partial charge in [-0.15, -0.1) is 12.4 Å². The number of nitrogens with one attached hydrogen (secondary N) is 1. The number of hydrogen-bond donors (Lipinski definition) is 1. The van der Waals surface area contributed by atoms with Gasteiger partial charge in [0.25, 0.3) is 5.91 Å². The van der Waals surface area contributed by atoms with Gasteiger partial charge in [0.2, 0.25) is 0 Å². The van der Waals surface area contributed by atoms with E-state index in [4.69, 9.17) is 4.74 Å². The summed E-state index contributed by atoms with van der Waals surface area (Å²) < 4.78 is 5.71. The molecule has 1 heterocycles. The first-order valence-corrected chi connectivity index (χ1v) is 7.92. The Morgan fingerprint density at radius 2 is 1.95 bits per heavy atom. The fourth-order valence-corrected chi connectivity index (χ4v) is 2.70. The van der Waals surface area contributed by atoms with Crippen LogP contribution < -0.4 is 10.1 Å². The van der Waals surface area contributed by atoms with Crippen LogP contribution in [0, 0.1) is 5.92 Å². The van der Waals surface area contributed by atoms with Crippen LogP contribution in [0.4, 0.5) is 0 Å². The summed E-state index contributed by atoms with van der Waals surface area (Å²) in [6.07, 6.45) is 2.57. The Hall–Kier alpha value is -1.26. The third-order valence-corrected chi connectivity index (χ3v) is 4.58. The molecule has 22 heavy (non-hydrogen) atoms. The quantitative estimate of drug-likeness (QED) is 0.926. The molecule has 2 fully saturated rings. The van der Waals surface area contributed by atoms with E-state index in [1.807, 2.05) is 29.2 Å². The summed E-state index contributed by atoms with van der Waals surface area (Å²) in [5, 5.41) is 3.40. The number of carbonyl (C=O) groups is 1. The second-order valence-corrected chi connectivity index (χ2v) is 6.26. The van der Waals surface area contributed by atoms with Gasteiger partial charge in [-0.2, -0.15) is 0 Å². The van der Waals surface area contributed by atoms with Gasteiger partial charge in [0.15, 0.2) is 0 Å². The highest BCUT2D eigenvalue weighted by Crippen LogP contribution is 2.29. The molecule has 0 aromatic heterocycles. The highest BCUT2D eigenvalue weighted by molar-refractivity contribution is 5.94. The largest absolute Gasteiger partial charge is 0.493 e. The molecule has 0 spiro atoms. The molecule has 1 aromatic rings. The zero-order valence-electron chi connectivity index (χ0n) is 13.2. The standard InChI is InChI=1S/C17H24N2O2.ClH/c1-12-13(2)19(10-9-18-12)17(20)15-5-7-16(8-6-15)21-11-14-3-4-14;/h5-8,12-14,18H,3-4,9-11H2,1-2H3;1H. The van der Waals surface area contributed by atoms with E-state index in [1.165, 1.54) is 12.8 Å². The fourth-order valence-electron chi connectivity index (χ4n) is 2.70. The molecule has 1 saturated heterocycles. The van der Waals surface area contributed by atoms with Crippen molar-refractivity contribution in [3.8, 4) is 5.75 Å². The molecule has 2 unspecified atom stereocenters. The maximum absolute atomic E-state index is 12.6. The minimum absolute atomic E-state index is 0. The summed E-state index contributed by atoms with van der Waals surface area (Å²) in [5.41, 5.74) is 0.745. The van der Waals surface area contributed by atoms with Gasteiger partial charge in [-0.3, -0.25) is 4.79 Å². The van der Waals surface area contributed by atoms with E-state index in [0.29, 0.717) is 6.04 Å². The number of hydrogen-bond acceptors (Lipinski definition) is 3. The van der Waals surface area contributed by atoms with Crippen molar-refractivity contribution < 1.29 is 9.53 Å². The van der Waals surface area contributed by atoms with Crippen LogP contribution in [0.2, 0.25) is 0 Å². The summed E-state index contributed by atoms with van der Waals surface area (Å²) in [5.74, 6) is 1.72. The minimum Gasteiger partial charge on any atom is -0.493 e. The molecule has 1 saturated carbocycles. The first-order chi connectivity index (χ1) is 10.1. The lowest BCUT2D eigenvalue weighted by Crippen LogP contribution is -2.57. The van der Waals surface area contributed by atoms with E-state index in [0.717, 1.165) is 36.9 Å². The average molecular weight is 325 g/mol. The van der Waals surface area contributed by atoms with Crippen LogP contribution in [0.3, 0.4) is 0 Å². The molecule has 5 heteroatoms. The fraction of sp³-hybridized carbons (Fsp3) is 0.588. The lowest BCUT2D eigenvalue weighted by molar-refractivity contribution is 0.0603. The number of carbonyl (C=O) groups excluding carboxylic acids is 1. The zero-order chi connectivity index (χ0) is 14.8. The van der Waals surface area contributed by atoms with E-state index in [-0.39, 0.29) is 24.4 Å². The molecule has 122 valence electrons. The molecule has 1 aliphatic carbocycles. The van der Waals surface area contributed by atoms with Gasteiger partial charge in [-0.25, -0.2) is 0 Å². The number of rotatable bonds is 4. The Morgan fingerprint density at radius 3 is 2.59 bits per heavy atom. The topological polar surface area (TPSA) is 41.6 Å². The Bertz CT molecular complexity index is 502. The number of halogens is 1. The Balaban J connectivity index is 0.00000176. The van der Waals surface area contributed by atoms with Crippen molar-refractivity contribution in [1.82, 2.24) is 10.2 Å². The van der Waals surface area contributed by atoms with Gasteiger partial charge < -0.3 is 15.0 Å². The summed E-state index contributed by atoms with van der Waals surface area (Å²) >= 11 is 0. The molecule has 1 amide bonds. The van der Waals surface area contributed by atoms with E-state index in [9.17, 15) is 4.79 Å². The number of nitrogens with zero attached hydrogens (tertiary/aromatic N) is 1. The van der Waals surface area contributed by atoms with E-state index in [2.05, 4.69) is 19.2 Å². The van der Waals surface area contributed by atoms with Crippen LogP contribution >= 0.6 is 12.4 Å². The normalized spacial score (nSPS) is 24.5. The SMILES string of the molecule is CC1NCCN(C(=O)c2ccc(OCC3CC3)cc2)C1C.Cl. The molecular weight excluding hydrogens is 300 g/mol. The molecule has 0 bridgehead atoms. The van der Waals surface area contributed by atoms with Crippen LogP contribution in [0.1, 0.15) is 37.0 Å². The van der Waals surface area contributed by atoms with Crippen molar-refractivity contribution in [2.45, 2.75) is 38.8 Å². The van der Waals surface area contributed by atoms with Crippen LogP contribution in [-0.4, -0.2) is 42.6 Å². The second-order valence-electron chi connectivity index (χ2n) is 6.26. The molecule has 1 N–H and O–H groups in total. The van der Waals surface area contributed by atoms with Crippen LogP contribution in [-0.2, 0) is 0 Å². The molecule has 4 nitrogen and oxygen atoms in total. The highest BCUT2D eigenvalue weighted by atomic mass is 35.5. The van der Waals surface area contributed by atoms with Crippen LogP contribution in [0.25, 0.3) is 0 Å². The smallest absolute Gasteiger partial charge is 0.254 e.